The molecular weight excluding hydrogens is 1430 g/mol. The van der Waals surface area contributed by atoms with Gasteiger partial charge < -0.3 is 4.90 Å². The number of piperidine rings is 1. The van der Waals surface area contributed by atoms with Crippen LogP contribution in [-0.4, -0.2) is 38.0 Å². The fourth-order valence-corrected chi connectivity index (χ4v) is 22.6. The predicted molar refractivity (Wildman–Crippen MR) is 437 cm³/mol. The van der Waals surface area contributed by atoms with Crippen molar-refractivity contribution < 1.29 is 33.2 Å². The fourth-order valence-electron chi connectivity index (χ4n) is 12.3. The molecule has 0 aliphatic carbocycles. The molecule has 0 bridgehead atoms. The minimum atomic E-state index is -3.35. The molecule has 102 heavy (non-hydrogen) atoms. The first-order valence-corrected chi connectivity index (χ1v) is 41.0. The second kappa shape index (κ2) is 38.7. The van der Waals surface area contributed by atoms with Crippen LogP contribution in [-0.2, 0) is 30.4 Å². The smallest absolute Gasteiger partial charge is 0.256 e. The monoisotopic (exact) mass is 1510 g/mol. The van der Waals surface area contributed by atoms with Crippen LogP contribution >= 0.6 is 31.7 Å². The van der Waals surface area contributed by atoms with Crippen molar-refractivity contribution in [2.45, 2.75) is 18.8 Å². The Morgan fingerprint density at radius 2 is 0.520 bits per heavy atom. The molecule has 14 aromatic carbocycles. The summed E-state index contributed by atoms with van der Waals surface area (Å²) in [5.41, 5.74) is 2.41. The van der Waals surface area contributed by atoms with Crippen molar-refractivity contribution in [3.63, 3.8) is 0 Å². The van der Waals surface area contributed by atoms with E-state index in [2.05, 4.69) is 373 Å². The van der Waals surface area contributed by atoms with Crippen LogP contribution in [0.4, 0.5) is 4.39 Å². The van der Waals surface area contributed by atoms with Crippen molar-refractivity contribution in [1.29, 1.82) is 0 Å². The molecule has 0 radical (unpaired) electrons. The van der Waals surface area contributed by atoms with E-state index in [0.717, 1.165) is 30.5 Å². The topological polar surface area (TPSA) is 49.7 Å². The second-order valence-corrected chi connectivity index (χ2v) is 34.5. The van der Waals surface area contributed by atoms with E-state index < -0.39 is 41.7 Å². The van der Waals surface area contributed by atoms with Crippen molar-refractivity contribution in [3.8, 4) is 11.1 Å². The van der Waals surface area contributed by atoms with Gasteiger partial charge in [-0.1, -0.05) is 406 Å². The molecule has 508 valence electrons. The van der Waals surface area contributed by atoms with Crippen LogP contribution in [0.15, 0.2) is 417 Å². The Labute approximate surface area is 621 Å². The Hall–Kier alpha value is -9.19. The molecule has 1 unspecified atom stereocenters. The van der Waals surface area contributed by atoms with Crippen LogP contribution in [0.3, 0.4) is 0 Å². The van der Waals surface area contributed by atoms with Gasteiger partial charge in [-0.2, -0.15) is 0 Å². The van der Waals surface area contributed by atoms with E-state index in [1.165, 1.54) is 69.7 Å². The Kier molecular flexibility index (Phi) is 28.1. The van der Waals surface area contributed by atoms with Gasteiger partial charge in [0.1, 0.15) is 11.7 Å². The molecule has 2 aliphatic heterocycles. The van der Waals surface area contributed by atoms with Gasteiger partial charge in [0.15, 0.2) is 0 Å². The molecule has 1 fully saturated rings. The summed E-state index contributed by atoms with van der Waals surface area (Å²) in [5.74, 6) is 0.492. The summed E-state index contributed by atoms with van der Waals surface area (Å²) in [6.45, 7) is 1.38. The second-order valence-electron chi connectivity index (χ2n) is 23.9. The van der Waals surface area contributed by atoms with Crippen molar-refractivity contribution in [3.05, 3.63) is 424 Å². The van der Waals surface area contributed by atoms with E-state index in [9.17, 15) is 12.8 Å². The van der Waals surface area contributed by atoms with Gasteiger partial charge in [-0.3, -0.25) is 0 Å². The Balaban J connectivity index is 0.000000128. The van der Waals surface area contributed by atoms with Gasteiger partial charge in [-0.25, -0.2) is 12.8 Å². The molecular formula is C91H79FN2O2P4PdS. The number of amidine groups is 1. The van der Waals surface area contributed by atoms with Crippen LogP contribution in [0.5, 0.6) is 0 Å². The van der Waals surface area contributed by atoms with Crippen molar-refractivity contribution in [2.75, 3.05) is 18.8 Å². The number of rotatable bonds is 14. The van der Waals surface area contributed by atoms with E-state index in [0.29, 0.717) is 17.9 Å². The molecule has 0 amide bonds. The first kappa shape index (κ1) is 74.0. The zero-order valence-electron chi connectivity index (χ0n) is 56.5. The number of benzene rings is 14. The quantitative estimate of drug-likeness (QED) is 0.0805. The van der Waals surface area contributed by atoms with Gasteiger partial charge in [0.25, 0.3) is 10.0 Å². The average molecular weight is 1510 g/mol. The summed E-state index contributed by atoms with van der Waals surface area (Å²) in [5, 5.41) is 16.8. The van der Waals surface area contributed by atoms with Crippen LogP contribution in [0.25, 0.3) is 11.1 Å². The van der Waals surface area contributed by atoms with Gasteiger partial charge >= 0.3 is 0 Å². The molecule has 0 N–H and O–H groups in total. The van der Waals surface area contributed by atoms with E-state index in [1.54, 1.807) is 12.1 Å². The molecule has 4 nitrogen and oxygen atoms in total. The summed E-state index contributed by atoms with van der Waals surface area (Å²) >= 11 is 0. The molecule has 0 aromatic heterocycles. The van der Waals surface area contributed by atoms with Crippen LogP contribution in [0, 0.1) is 5.82 Å². The SMILES string of the molecule is O=S1(=O)CCN2CCCC(c3ccc(-c4ccccc4F)cc3)C2=N1.[Pd].c1ccc(P(c2ccccc2)c2ccccc2)cc1.c1ccc(P(c2ccccc2)c2ccccc2)cc1.c1ccc(P(c2ccccc2)c2ccccc2)cc1.c1ccc(P(c2ccccc2)c2ccccc2)cc1. The zero-order valence-corrected chi connectivity index (χ0v) is 62.4. The van der Waals surface area contributed by atoms with Gasteiger partial charge in [0.05, 0.1) is 5.75 Å². The van der Waals surface area contributed by atoms with Gasteiger partial charge in [-0.05, 0) is 125 Å². The largest absolute Gasteiger partial charge is 0.358 e. The van der Waals surface area contributed by atoms with Crippen LogP contribution < -0.4 is 63.7 Å². The van der Waals surface area contributed by atoms with Crippen LogP contribution in [0.2, 0.25) is 0 Å². The minimum absolute atomic E-state index is 0. The van der Waals surface area contributed by atoms with E-state index >= 15 is 0 Å². The first-order valence-electron chi connectivity index (χ1n) is 34.1. The maximum atomic E-state index is 13.9. The Morgan fingerprint density at radius 1 is 0.294 bits per heavy atom. The maximum Gasteiger partial charge on any atom is 0.256 e. The number of halogens is 1. The van der Waals surface area contributed by atoms with Gasteiger partial charge in [0, 0.05) is 45.0 Å². The molecule has 0 saturated carbocycles. The molecule has 1 saturated heterocycles. The average Bonchev–Trinajstić information content (AvgIpc) is 0.788. The van der Waals surface area contributed by atoms with E-state index in [-0.39, 0.29) is 37.9 Å². The molecule has 11 heteroatoms. The molecule has 0 spiro atoms. The number of sulfonamides is 1. The van der Waals surface area contributed by atoms with Crippen LogP contribution in [0.1, 0.15) is 24.3 Å². The fraction of sp³-hybridized carbons (Fsp3) is 0.0659. The molecule has 14 aromatic rings. The third-order valence-corrected chi connectivity index (χ3v) is 28.0. The molecule has 2 heterocycles. The number of hydrogen-bond donors (Lipinski definition) is 0. The van der Waals surface area contributed by atoms with Crippen molar-refractivity contribution in [2.24, 2.45) is 4.40 Å². The molecule has 2 aliphatic rings. The normalized spacial score (nSPS) is 13.3. The number of nitrogens with zero attached hydrogens (tertiary/aromatic N) is 2. The zero-order chi connectivity index (χ0) is 69.1. The minimum Gasteiger partial charge on any atom is -0.358 e. The maximum absolute atomic E-state index is 13.9. The summed E-state index contributed by atoms with van der Waals surface area (Å²) < 4.78 is 41.8. The van der Waals surface area contributed by atoms with Gasteiger partial charge in [-0.15, -0.1) is 4.40 Å². The summed E-state index contributed by atoms with van der Waals surface area (Å²) in [6, 6.07) is 144. The number of hydrogen-bond acceptors (Lipinski definition) is 3. The Morgan fingerprint density at radius 3 is 0.755 bits per heavy atom. The third-order valence-electron chi connectivity index (χ3n) is 17.1. The number of fused-ring (bicyclic) bond motifs is 1. The van der Waals surface area contributed by atoms with Crippen molar-refractivity contribution >= 4 is 111 Å². The Bertz CT molecular complexity index is 4020. The molecule has 1 atom stereocenters. The summed E-state index contributed by atoms with van der Waals surface area (Å²) in [7, 11) is -5.14. The standard InChI is InChI=1S/C19H19FN2O2S.4C18H15P.Pd/c20-18-6-2-1-4-16(18)14-7-9-15(10-8-14)17-5-3-11-22-12-13-25(23,24)21-19(17)22;4*1-4-10-16(11-5-1)19(17-12-6-2-7-13-17)18-14-8-3-9-15-18;/h1-2,4,6-10,17H,3,5,11-13H2;4*1-15H;. The third kappa shape index (κ3) is 20.5. The molecule has 16 rings (SSSR count). The summed E-state index contributed by atoms with van der Waals surface area (Å²) in [4.78, 5) is 2.08. The van der Waals surface area contributed by atoms with E-state index in [4.69, 9.17) is 0 Å². The van der Waals surface area contributed by atoms with Gasteiger partial charge in [0.2, 0.25) is 0 Å². The van der Waals surface area contributed by atoms with E-state index in [1.807, 2.05) is 30.3 Å². The van der Waals surface area contributed by atoms with Crippen molar-refractivity contribution in [1.82, 2.24) is 4.90 Å². The summed E-state index contributed by atoms with van der Waals surface area (Å²) in [6.07, 6.45) is 1.89. The predicted octanol–water partition coefficient (Wildman–Crippen LogP) is 17.2. The first-order chi connectivity index (χ1) is 49.8.